The molecule has 2 nitrogen and oxygen atoms in total. The van der Waals surface area contributed by atoms with Crippen LogP contribution in [0.25, 0.3) is 0 Å². The Kier molecular flexibility index (Phi) is 2.92. The van der Waals surface area contributed by atoms with E-state index in [-0.39, 0.29) is 0 Å². The molecule has 1 aliphatic rings. The summed E-state index contributed by atoms with van der Waals surface area (Å²) in [5.41, 5.74) is 1.94. The van der Waals surface area contributed by atoms with Crippen molar-refractivity contribution < 1.29 is 18.0 Å². The first kappa shape index (κ1) is 11.7. The van der Waals surface area contributed by atoms with E-state index in [0.29, 0.717) is 12.6 Å². The van der Waals surface area contributed by atoms with Crippen molar-refractivity contribution in [3.05, 3.63) is 42.1 Å². The second kappa shape index (κ2) is 4.24. The minimum atomic E-state index is -4.80. The molecule has 2 rings (SSSR count). The normalized spacial score (nSPS) is 15.4. The predicted molar refractivity (Wildman–Crippen MR) is 57.7 cm³/mol. The molecule has 0 unspecified atom stereocenters. The number of nitrogens with zero attached hydrogens (tertiary/aromatic N) is 1. The summed E-state index contributed by atoms with van der Waals surface area (Å²) in [6.45, 7) is 0.598. The summed E-state index contributed by atoms with van der Waals surface area (Å²) in [4.78, 5) is 12.3. The molecule has 0 aliphatic carbocycles. The van der Waals surface area contributed by atoms with Crippen molar-refractivity contribution in [3.63, 3.8) is 0 Å². The topological polar surface area (TPSA) is 20.3 Å². The highest BCUT2D eigenvalue weighted by Gasteiger charge is 2.36. The van der Waals surface area contributed by atoms with Crippen molar-refractivity contribution in [1.29, 1.82) is 0 Å². The number of carbonyl (C=O) groups is 1. The fourth-order valence-corrected chi connectivity index (χ4v) is 1.77. The maximum atomic E-state index is 12.0. The lowest BCUT2D eigenvalue weighted by molar-refractivity contribution is -0.165. The number of hydrogen-bond donors (Lipinski definition) is 0. The van der Waals surface area contributed by atoms with Gasteiger partial charge in [0.15, 0.2) is 0 Å². The Balaban J connectivity index is 2.12. The first-order chi connectivity index (χ1) is 7.98. The second-order valence-corrected chi connectivity index (χ2v) is 3.75. The zero-order chi connectivity index (χ0) is 12.5. The molecule has 0 aromatic heterocycles. The van der Waals surface area contributed by atoms with Gasteiger partial charge in [-0.15, -0.1) is 0 Å². The minimum Gasteiger partial charge on any atom is -0.347 e. The number of rotatable bonds is 2. The Morgan fingerprint density at radius 2 is 2.00 bits per heavy atom. The van der Waals surface area contributed by atoms with E-state index in [1.54, 1.807) is 4.90 Å². The van der Waals surface area contributed by atoms with Crippen LogP contribution in [0.4, 0.5) is 18.9 Å². The Bertz CT molecular complexity index is 465. The molecule has 0 N–H and O–H groups in total. The monoisotopic (exact) mass is 241 g/mol. The first-order valence-corrected chi connectivity index (χ1v) is 5.12. The van der Waals surface area contributed by atoms with Gasteiger partial charge in [0.2, 0.25) is 0 Å². The van der Waals surface area contributed by atoms with Crippen molar-refractivity contribution in [2.75, 3.05) is 11.4 Å². The lowest BCUT2D eigenvalue weighted by Crippen LogP contribution is -2.21. The minimum absolute atomic E-state index is 0.572. The van der Waals surface area contributed by atoms with Crippen LogP contribution >= 0.6 is 0 Å². The van der Waals surface area contributed by atoms with E-state index in [9.17, 15) is 18.0 Å². The summed E-state index contributed by atoms with van der Waals surface area (Å²) < 4.78 is 36.0. The summed E-state index contributed by atoms with van der Waals surface area (Å²) in [7, 11) is 0. The Labute approximate surface area is 96.3 Å². The van der Waals surface area contributed by atoms with Crippen LogP contribution in [0.15, 0.2) is 36.5 Å². The highest BCUT2D eigenvalue weighted by molar-refractivity contribution is 5.94. The second-order valence-electron chi connectivity index (χ2n) is 3.75. The van der Waals surface area contributed by atoms with Gasteiger partial charge in [0.25, 0.3) is 5.78 Å². The van der Waals surface area contributed by atoms with E-state index < -0.39 is 12.0 Å². The van der Waals surface area contributed by atoms with Crippen LogP contribution in [0.1, 0.15) is 5.56 Å². The number of hydrogen-bond acceptors (Lipinski definition) is 2. The molecule has 0 atom stereocenters. The van der Waals surface area contributed by atoms with Crippen LogP contribution in [0.5, 0.6) is 0 Å². The number of anilines is 1. The van der Waals surface area contributed by atoms with Gasteiger partial charge in [-0.3, -0.25) is 4.79 Å². The molecule has 0 amide bonds. The first-order valence-electron chi connectivity index (χ1n) is 5.12. The number of fused-ring (bicyclic) bond motifs is 1. The number of benzene rings is 1. The lowest BCUT2D eigenvalue weighted by atomic mass is 10.2. The Hall–Kier alpha value is -1.78. The molecular formula is C12H10F3NO. The van der Waals surface area contributed by atoms with E-state index in [1.165, 1.54) is 6.20 Å². The van der Waals surface area contributed by atoms with Crippen LogP contribution in [0.3, 0.4) is 0 Å². The van der Waals surface area contributed by atoms with Crippen LogP contribution in [0, 0.1) is 0 Å². The third-order valence-corrected chi connectivity index (χ3v) is 2.61. The van der Waals surface area contributed by atoms with Crippen LogP contribution in [0.2, 0.25) is 0 Å². The van der Waals surface area contributed by atoms with Crippen LogP contribution in [-0.4, -0.2) is 18.5 Å². The Morgan fingerprint density at radius 1 is 1.29 bits per heavy atom. The van der Waals surface area contributed by atoms with E-state index in [0.717, 1.165) is 17.7 Å². The Morgan fingerprint density at radius 3 is 2.71 bits per heavy atom. The average Bonchev–Trinajstić information content (AvgIpc) is 2.68. The molecule has 0 radical (unpaired) electrons. The molecule has 0 fully saturated rings. The van der Waals surface area contributed by atoms with Gasteiger partial charge in [0.1, 0.15) is 0 Å². The van der Waals surface area contributed by atoms with Gasteiger partial charge in [-0.2, -0.15) is 13.2 Å². The summed E-state index contributed by atoms with van der Waals surface area (Å²) in [5, 5.41) is 0. The van der Waals surface area contributed by atoms with Gasteiger partial charge in [0, 0.05) is 24.5 Å². The fourth-order valence-electron chi connectivity index (χ4n) is 1.77. The number of alkyl halides is 3. The summed E-state index contributed by atoms with van der Waals surface area (Å²) in [6, 6.07) is 7.45. The third-order valence-electron chi connectivity index (χ3n) is 2.61. The van der Waals surface area contributed by atoms with Crippen LogP contribution in [-0.2, 0) is 11.2 Å². The fraction of sp³-hybridized carbons (Fsp3) is 0.250. The molecule has 0 saturated heterocycles. The smallest absolute Gasteiger partial charge is 0.347 e. The molecular weight excluding hydrogens is 231 g/mol. The van der Waals surface area contributed by atoms with Crippen molar-refractivity contribution in [2.24, 2.45) is 0 Å². The van der Waals surface area contributed by atoms with Gasteiger partial charge in [-0.1, -0.05) is 18.2 Å². The molecule has 0 spiro atoms. The highest BCUT2D eigenvalue weighted by Crippen LogP contribution is 2.27. The van der Waals surface area contributed by atoms with Crippen molar-refractivity contribution in [3.8, 4) is 0 Å². The summed E-state index contributed by atoms with van der Waals surface area (Å²) >= 11 is 0. The largest absolute Gasteiger partial charge is 0.454 e. The maximum Gasteiger partial charge on any atom is 0.454 e. The van der Waals surface area contributed by atoms with Gasteiger partial charge in [-0.05, 0) is 18.1 Å². The summed E-state index contributed by atoms with van der Waals surface area (Å²) in [6.07, 6.45) is -2.25. The molecule has 0 bridgehead atoms. The van der Waals surface area contributed by atoms with Crippen molar-refractivity contribution >= 4 is 11.5 Å². The van der Waals surface area contributed by atoms with Gasteiger partial charge in [0.05, 0.1) is 0 Å². The van der Waals surface area contributed by atoms with E-state index in [4.69, 9.17) is 0 Å². The van der Waals surface area contributed by atoms with Gasteiger partial charge in [-0.25, -0.2) is 0 Å². The molecule has 1 aromatic rings. The zero-order valence-corrected chi connectivity index (χ0v) is 8.87. The number of para-hydroxylation sites is 1. The average molecular weight is 241 g/mol. The molecule has 1 aromatic carbocycles. The standard InChI is InChI=1S/C12H10F3NO/c13-12(14,15)11(17)6-8-16-7-5-9-3-1-2-4-10(9)16/h1-4,6,8H,5,7H2/b8-6+. The number of ketones is 1. The number of halogens is 3. The van der Waals surface area contributed by atoms with Crippen LogP contribution < -0.4 is 4.90 Å². The van der Waals surface area contributed by atoms with Crippen molar-refractivity contribution in [1.82, 2.24) is 0 Å². The zero-order valence-electron chi connectivity index (χ0n) is 8.87. The summed E-state index contributed by atoms with van der Waals surface area (Å²) in [5.74, 6) is -1.83. The SMILES string of the molecule is O=C(/C=C/N1CCc2ccccc21)C(F)(F)F. The van der Waals surface area contributed by atoms with E-state index in [1.807, 2.05) is 24.3 Å². The maximum absolute atomic E-state index is 12.0. The number of allylic oxidation sites excluding steroid dienone is 1. The highest BCUT2D eigenvalue weighted by atomic mass is 19.4. The quantitative estimate of drug-likeness (QED) is 0.742. The molecule has 1 heterocycles. The molecule has 1 aliphatic heterocycles. The predicted octanol–water partition coefficient (Wildman–Crippen LogP) is 2.69. The molecule has 17 heavy (non-hydrogen) atoms. The third kappa shape index (κ3) is 2.49. The van der Waals surface area contributed by atoms with Gasteiger partial charge >= 0.3 is 6.18 Å². The van der Waals surface area contributed by atoms with E-state index in [2.05, 4.69) is 0 Å². The molecule has 0 saturated carbocycles. The molecule has 5 heteroatoms. The van der Waals surface area contributed by atoms with Crippen molar-refractivity contribution in [2.45, 2.75) is 12.6 Å². The van der Waals surface area contributed by atoms with Gasteiger partial charge < -0.3 is 4.90 Å². The van der Waals surface area contributed by atoms with E-state index >= 15 is 0 Å². The molecule has 90 valence electrons. The number of carbonyl (C=O) groups excluding carboxylic acids is 1. The lowest BCUT2D eigenvalue weighted by Gasteiger charge is -2.13.